The van der Waals surface area contributed by atoms with Gasteiger partial charge in [0.15, 0.2) is 11.5 Å². The maximum absolute atomic E-state index is 13.0. The van der Waals surface area contributed by atoms with Gasteiger partial charge < -0.3 is 14.6 Å². The number of rotatable bonds is 1. The van der Waals surface area contributed by atoms with Gasteiger partial charge in [0.2, 0.25) is 0 Å². The molecule has 1 atom stereocenters. The van der Waals surface area contributed by atoms with E-state index >= 15 is 0 Å². The van der Waals surface area contributed by atoms with Crippen molar-refractivity contribution in [2.45, 2.75) is 18.3 Å². The van der Waals surface area contributed by atoms with Gasteiger partial charge in [0.05, 0.1) is 0 Å². The van der Waals surface area contributed by atoms with Crippen LogP contribution in [-0.2, 0) is 0 Å². The lowest BCUT2D eigenvalue weighted by atomic mass is 10.1. The minimum atomic E-state index is -5.02. The van der Waals surface area contributed by atoms with Gasteiger partial charge in [-0.25, -0.2) is 0 Å². The Kier molecular flexibility index (Phi) is 3.24. The summed E-state index contributed by atoms with van der Waals surface area (Å²) in [6.07, 6.45) is -4.98. The zero-order valence-electron chi connectivity index (χ0n) is 11.1. The molecule has 0 aliphatic carbocycles. The third-order valence-corrected chi connectivity index (χ3v) is 3.36. The molecule has 0 saturated heterocycles. The molecular formula is C13H11F3N2O4. The molecule has 1 amide bonds. The number of ether oxygens (including phenoxy) is 2. The quantitative estimate of drug-likeness (QED) is 0.853. The number of hydrogen-bond donors (Lipinski definition) is 1. The highest BCUT2D eigenvalue weighted by atomic mass is 19.4. The summed E-state index contributed by atoms with van der Waals surface area (Å²) in [6.45, 7) is 0.629. The highest BCUT2D eigenvalue weighted by molar-refractivity contribution is 5.96. The molecule has 1 aromatic rings. The van der Waals surface area contributed by atoms with Crippen molar-refractivity contribution in [3.05, 3.63) is 23.8 Å². The first-order valence-corrected chi connectivity index (χ1v) is 6.39. The van der Waals surface area contributed by atoms with Crippen LogP contribution in [0.5, 0.6) is 11.5 Å². The number of hydrogen-bond acceptors (Lipinski definition) is 5. The number of fused-ring (bicyclic) bond motifs is 1. The second kappa shape index (κ2) is 4.87. The van der Waals surface area contributed by atoms with E-state index in [0.717, 1.165) is 6.21 Å². The second-order valence-electron chi connectivity index (χ2n) is 4.79. The molecule has 0 radical (unpaired) electrons. The van der Waals surface area contributed by atoms with Crippen molar-refractivity contribution >= 4 is 12.1 Å². The average Bonchev–Trinajstić information content (AvgIpc) is 2.89. The van der Waals surface area contributed by atoms with E-state index in [1.165, 1.54) is 18.2 Å². The molecule has 1 aromatic carbocycles. The number of nitrogens with zero attached hydrogens (tertiary/aromatic N) is 2. The number of carbonyl (C=O) groups excluding carboxylic acids is 1. The van der Waals surface area contributed by atoms with Crippen LogP contribution < -0.4 is 9.47 Å². The molecule has 22 heavy (non-hydrogen) atoms. The van der Waals surface area contributed by atoms with Crippen LogP contribution >= 0.6 is 0 Å². The van der Waals surface area contributed by atoms with Crippen LogP contribution in [0.3, 0.4) is 0 Å². The van der Waals surface area contributed by atoms with Crippen molar-refractivity contribution in [2.24, 2.45) is 5.10 Å². The lowest BCUT2D eigenvalue weighted by Gasteiger charge is -2.32. The van der Waals surface area contributed by atoms with Crippen molar-refractivity contribution in [1.29, 1.82) is 0 Å². The summed E-state index contributed by atoms with van der Waals surface area (Å²) in [5.41, 5.74) is -3.43. The van der Waals surface area contributed by atoms with Gasteiger partial charge in [-0.15, -0.1) is 0 Å². The Morgan fingerprint density at radius 1 is 1.27 bits per heavy atom. The normalized spacial score (nSPS) is 23.7. The topological polar surface area (TPSA) is 71.4 Å². The molecule has 0 fully saturated rings. The van der Waals surface area contributed by atoms with Crippen LogP contribution in [0.15, 0.2) is 23.3 Å². The Morgan fingerprint density at radius 2 is 1.95 bits per heavy atom. The number of alkyl halides is 3. The number of benzene rings is 1. The van der Waals surface area contributed by atoms with Crippen molar-refractivity contribution in [2.75, 3.05) is 13.2 Å². The van der Waals surface area contributed by atoms with E-state index in [1.807, 2.05) is 0 Å². The third kappa shape index (κ3) is 2.17. The summed E-state index contributed by atoms with van der Waals surface area (Å²) in [5, 5.41) is 13.2. The lowest BCUT2D eigenvalue weighted by Crippen LogP contribution is -2.56. The molecule has 1 N–H and O–H groups in total. The molecule has 0 saturated carbocycles. The Bertz CT molecular complexity index is 647. The fourth-order valence-electron chi connectivity index (χ4n) is 2.19. The Balaban J connectivity index is 1.92. The maximum Gasteiger partial charge on any atom is 0.438 e. The summed E-state index contributed by atoms with van der Waals surface area (Å²) < 4.78 is 49.5. The van der Waals surface area contributed by atoms with E-state index in [9.17, 15) is 23.1 Å². The molecular weight excluding hydrogens is 305 g/mol. The van der Waals surface area contributed by atoms with Crippen LogP contribution in [0.2, 0.25) is 0 Å². The fraction of sp³-hybridized carbons (Fsp3) is 0.385. The SMILES string of the molecule is O=C(c1ccc2c(c1)OCCO2)N1N=CC[C@@]1(O)C(F)(F)F. The highest BCUT2D eigenvalue weighted by Crippen LogP contribution is 2.40. The van der Waals surface area contributed by atoms with Gasteiger partial charge in [0.1, 0.15) is 13.2 Å². The number of aliphatic hydroxyl groups is 1. The Hall–Kier alpha value is -2.29. The molecule has 9 heteroatoms. The molecule has 6 nitrogen and oxygen atoms in total. The van der Waals surface area contributed by atoms with Crippen LogP contribution in [0.25, 0.3) is 0 Å². The van der Waals surface area contributed by atoms with Crippen LogP contribution in [0.4, 0.5) is 13.2 Å². The molecule has 2 heterocycles. The lowest BCUT2D eigenvalue weighted by molar-refractivity contribution is -0.297. The van der Waals surface area contributed by atoms with E-state index < -0.39 is 24.2 Å². The van der Waals surface area contributed by atoms with E-state index in [1.54, 1.807) is 0 Å². The van der Waals surface area contributed by atoms with Crippen molar-refractivity contribution in [3.63, 3.8) is 0 Å². The van der Waals surface area contributed by atoms with E-state index in [-0.39, 0.29) is 22.9 Å². The molecule has 118 valence electrons. The average molecular weight is 316 g/mol. The zero-order valence-corrected chi connectivity index (χ0v) is 11.1. The molecule has 2 aliphatic rings. The molecule has 0 bridgehead atoms. The van der Waals surface area contributed by atoms with E-state index in [2.05, 4.69) is 5.10 Å². The highest BCUT2D eigenvalue weighted by Gasteiger charge is 2.61. The van der Waals surface area contributed by atoms with Crippen LogP contribution in [0.1, 0.15) is 16.8 Å². The maximum atomic E-state index is 13.0. The van der Waals surface area contributed by atoms with Gasteiger partial charge in [0.25, 0.3) is 11.6 Å². The van der Waals surface area contributed by atoms with Crippen molar-refractivity contribution in [3.8, 4) is 11.5 Å². The van der Waals surface area contributed by atoms with Gasteiger partial charge in [-0.2, -0.15) is 23.3 Å². The first kappa shape index (κ1) is 14.6. The van der Waals surface area contributed by atoms with Crippen LogP contribution in [0, 0.1) is 0 Å². The number of halogens is 3. The minimum absolute atomic E-state index is 0.0401. The van der Waals surface area contributed by atoms with Gasteiger partial charge >= 0.3 is 6.18 Å². The summed E-state index contributed by atoms with van der Waals surface area (Å²) in [6, 6.07) is 3.98. The standard InChI is InChI=1S/C13H11F3N2O4/c14-13(15,16)12(20)3-4-17-18(12)11(19)8-1-2-9-10(7-8)22-6-5-21-9/h1-2,4,7,20H,3,5-6H2/t12-/m1/s1. The summed E-state index contributed by atoms with van der Waals surface area (Å²) >= 11 is 0. The smallest absolute Gasteiger partial charge is 0.438 e. The van der Waals surface area contributed by atoms with Gasteiger partial charge in [-0.3, -0.25) is 4.79 Å². The first-order chi connectivity index (χ1) is 10.3. The fourth-order valence-corrected chi connectivity index (χ4v) is 2.19. The third-order valence-electron chi connectivity index (χ3n) is 3.36. The van der Waals surface area contributed by atoms with Crippen LogP contribution in [-0.4, -0.2) is 47.4 Å². The van der Waals surface area contributed by atoms with Crippen molar-refractivity contribution in [1.82, 2.24) is 5.01 Å². The number of hydrazone groups is 1. The molecule has 0 spiro atoms. The number of carbonyl (C=O) groups is 1. The molecule has 0 unspecified atom stereocenters. The minimum Gasteiger partial charge on any atom is -0.486 e. The van der Waals surface area contributed by atoms with Gasteiger partial charge in [-0.1, -0.05) is 0 Å². The summed E-state index contributed by atoms with van der Waals surface area (Å²) in [5.74, 6) is -0.417. The second-order valence-corrected chi connectivity index (χ2v) is 4.79. The summed E-state index contributed by atoms with van der Waals surface area (Å²) in [4.78, 5) is 12.3. The first-order valence-electron chi connectivity index (χ1n) is 6.39. The van der Waals surface area contributed by atoms with Gasteiger partial charge in [-0.05, 0) is 18.2 Å². The predicted octanol–water partition coefficient (Wildman–Crippen LogP) is 1.54. The predicted molar refractivity (Wildman–Crippen MR) is 67.7 cm³/mol. The molecule has 2 aliphatic heterocycles. The Morgan fingerprint density at radius 3 is 2.64 bits per heavy atom. The zero-order chi connectivity index (χ0) is 16.0. The summed E-state index contributed by atoms with van der Waals surface area (Å²) in [7, 11) is 0. The van der Waals surface area contributed by atoms with E-state index in [0.29, 0.717) is 12.4 Å². The van der Waals surface area contributed by atoms with Crippen molar-refractivity contribution < 1.29 is 32.5 Å². The Labute approximate surface area is 122 Å². The largest absolute Gasteiger partial charge is 0.486 e. The number of amides is 1. The molecule has 3 rings (SSSR count). The molecule has 0 aromatic heterocycles. The monoisotopic (exact) mass is 316 g/mol. The van der Waals surface area contributed by atoms with Gasteiger partial charge in [0, 0.05) is 18.2 Å². The van der Waals surface area contributed by atoms with E-state index in [4.69, 9.17) is 9.47 Å².